The van der Waals surface area contributed by atoms with Crippen molar-refractivity contribution in [1.82, 2.24) is 4.90 Å². The van der Waals surface area contributed by atoms with Gasteiger partial charge in [-0.2, -0.15) is 0 Å². The Morgan fingerprint density at radius 3 is 1.84 bits per heavy atom. The SMILES string of the molecule is NCc1cccc(-c2ccc([C@@H]3O[C@H](CN(Cc4ccccc4)Cc4ccccc4)C[C@H](c4ccc(CO)cc4)O3)cc2)c1. The van der Waals surface area contributed by atoms with Crippen molar-refractivity contribution in [3.8, 4) is 11.1 Å². The lowest BCUT2D eigenvalue weighted by atomic mass is 9.98. The third-order valence-electron chi connectivity index (χ3n) is 8.25. The van der Waals surface area contributed by atoms with Crippen LogP contribution in [0, 0.1) is 0 Å². The van der Waals surface area contributed by atoms with Crippen LogP contribution in [0.15, 0.2) is 133 Å². The molecule has 1 aliphatic rings. The van der Waals surface area contributed by atoms with E-state index in [1.54, 1.807) is 0 Å². The second-order valence-electron chi connectivity index (χ2n) is 11.5. The summed E-state index contributed by atoms with van der Waals surface area (Å²) in [5.74, 6) is 0. The average molecular weight is 585 g/mol. The summed E-state index contributed by atoms with van der Waals surface area (Å²) in [4.78, 5) is 2.47. The second kappa shape index (κ2) is 14.6. The number of benzene rings is 5. The zero-order valence-electron chi connectivity index (χ0n) is 25.0. The van der Waals surface area contributed by atoms with Crippen LogP contribution in [0.25, 0.3) is 11.1 Å². The minimum atomic E-state index is -0.504. The standard InChI is InChI=1S/C39H40N2O3/c40-24-32-12-7-13-36(22-32)33-18-20-35(21-19-33)39-43-37(23-38(44-39)34-16-14-31(28-42)15-17-34)27-41(25-29-8-3-1-4-9-29)26-30-10-5-2-6-11-30/h1-22,37-39,42H,23-28,40H2/t37-,38+,39+/m0/s1. The first-order valence-electron chi connectivity index (χ1n) is 15.4. The first kappa shape index (κ1) is 29.9. The van der Waals surface area contributed by atoms with E-state index in [1.807, 2.05) is 24.3 Å². The minimum absolute atomic E-state index is 0.0225. The summed E-state index contributed by atoms with van der Waals surface area (Å²) in [5.41, 5.74) is 14.8. The molecule has 5 heteroatoms. The second-order valence-corrected chi connectivity index (χ2v) is 11.5. The quantitative estimate of drug-likeness (QED) is 0.168. The van der Waals surface area contributed by atoms with E-state index in [0.717, 1.165) is 59.4 Å². The Kier molecular flexibility index (Phi) is 9.93. The third kappa shape index (κ3) is 7.69. The Morgan fingerprint density at radius 2 is 1.23 bits per heavy atom. The molecule has 5 aromatic carbocycles. The van der Waals surface area contributed by atoms with Gasteiger partial charge in [0.05, 0.1) is 18.8 Å². The van der Waals surface area contributed by atoms with E-state index in [0.29, 0.717) is 6.54 Å². The van der Waals surface area contributed by atoms with Gasteiger partial charge in [0, 0.05) is 38.2 Å². The lowest BCUT2D eigenvalue weighted by Gasteiger charge is -2.38. The fourth-order valence-corrected chi connectivity index (χ4v) is 5.90. The lowest BCUT2D eigenvalue weighted by Crippen LogP contribution is -2.39. The zero-order valence-corrected chi connectivity index (χ0v) is 25.0. The Bertz CT molecular complexity index is 1550. The maximum Gasteiger partial charge on any atom is 0.184 e. The summed E-state index contributed by atoms with van der Waals surface area (Å²) in [7, 11) is 0. The highest BCUT2D eigenvalue weighted by atomic mass is 16.7. The molecule has 0 saturated carbocycles. The molecule has 0 radical (unpaired) electrons. The maximum atomic E-state index is 9.58. The summed E-state index contributed by atoms with van der Waals surface area (Å²) in [6, 6.07) is 46.1. The molecule has 44 heavy (non-hydrogen) atoms. The van der Waals surface area contributed by atoms with Gasteiger partial charge in [0.2, 0.25) is 0 Å². The number of hydrogen-bond acceptors (Lipinski definition) is 5. The Hall–Kier alpha value is -4.10. The Morgan fingerprint density at radius 1 is 0.614 bits per heavy atom. The number of nitrogens with two attached hydrogens (primary N) is 1. The van der Waals surface area contributed by atoms with Crippen LogP contribution in [0.1, 0.15) is 52.2 Å². The van der Waals surface area contributed by atoms with Crippen molar-refractivity contribution < 1.29 is 14.6 Å². The van der Waals surface area contributed by atoms with Crippen molar-refractivity contribution in [3.63, 3.8) is 0 Å². The molecule has 0 spiro atoms. The van der Waals surface area contributed by atoms with Crippen LogP contribution in [-0.4, -0.2) is 22.7 Å². The van der Waals surface area contributed by atoms with Crippen LogP contribution in [0.5, 0.6) is 0 Å². The molecule has 3 atom stereocenters. The van der Waals surface area contributed by atoms with Crippen molar-refractivity contribution in [2.45, 2.75) is 51.2 Å². The highest BCUT2D eigenvalue weighted by molar-refractivity contribution is 5.64. The van der Waals surface area contributed by atoms with Gasteiger partial charge in [-0.25, -0.2) is 0 Å². The summed E-state index contributed by atoms with van der Waals surface area (Å²) in [6.45, 7) is 2.96. The Labute approximate surface area is 260 Å². The number of hydrogen-bond donors (Lipinski definition) is 2. The molecule has 0 unspecified atom stereocenters. The first-order chi connectivity index (χ1) is 21.7. The van der Waals surface area contributed by atoms with Crippen LogP contribution < -0.4 is 5.73 Å². The molecule has 3 N–H and O–H groups in total. The van der Waals surface area contributed by atoms with Gasteiger partial charge < -0.3 is 20.3 Å². The summed E-state index contributed by atoms with van der Waals surface area (Å²) in [6.07, 6.45) is 0.0438. The van der Waals surface area contributed by atoms with Crippen LogP contribution in [0.2, 0.25) is 0 Å². The van der Waals surface area contributed by atoms with Gasteiger partial charge in [0.1, 0.15) is 0 Å². The molecule has 0 bridgehead atoms. The molecule has 1 heterocycles. The Balaban J connectivity index is 1.26. The summed E-state index contributed by atoms with van der Waals surface area (Å²) < 4.78 is 13.4. The maximum absolute atomic E-state index is 9.58. The molecule has 5 nitrogen and oxygen atoms in total. The molecule has 0 aromatic heterocycles. The van der Waals surface area contributed by atoms with E-state index >= 15 is 0 Å². The third-order valence-corrected chi connectivity index (χ3v) is 8.25. The van der Waals surface area contributed by atoms with Gasteiger partial charge in [-0.1, -0.05) is 127 Å². The number of rotatable bonds is 11. The molecule has 5 aromatic rings. The van der Waals surface area contributed by atoms with Crippen LogP contribution in [0.3, 0.4) is 0 Å². The normalized spacial score (nSPS) is 18.4. The van der Waals surface area contributed by atoms with Gasteiger partial charge in [-0.15, -0.1) is 0 Å². The monoisotopic (exact) mass is 584 g/mol. The largest absolute Gasteiger partial charge is 0.392 e. The number of ether oxygens (including phenoxy) is 2. The van der Waals surface area contributed by atoms with E-state index in [2.05, 4.69) is 114 Å². The van der Waals surface area contributed by atoms with Crippen LogP contribution in [-0.2, 0) is 35.7 Å². The number of aliphatic hydroxyl groups is 1. The minimum Gasteiger partial charge on any atom is -0.392 e. The van der Waals surface area contributed by atoms with E-state index in [1.165, 1.54) is 11.1 Å². The van der Waals surface area contributed by atoms with E-state index in [-0.39, 0.29) is 18.8 Å². The van der Waals surface area contributed by atoms with E-state index in [9.17, 15) is 5.11 Å². The summed E-state index contributed by atoms with van der Waals surface area (Å²) >= 11 is 0. The van der Waals surface area contributed by atoms with E-state index in [4.69, 9.17) is 15.2 Å². The number of nitrogens with zero attached hydrogens (tertiary/aromatic N) is 1. The summed E-state index contributed by atoms with van der Waals surface area (Å²) in [5, 5.41) is 9.58. The van der Waals surface area contributed by atoms with Crippen molar-refractivity contribution in [2.75, 3.05) is 6.54 Å². The first-order valence-corrected chi connectivity index (χ1v) is 15.4. The predicted octanol–water partition coefficient (Wildman–Crippen LogP) is 7.55. The van der Waals surface area contributed by atoms with Crippen molar-refractivity contribution in [2.24, 2.45) is 5.73 Å². The molecule has 1 aliphatic heterocycles. The molecule has 0 amide bonds. The fourth-order valence-electron chi connectivity index (χ4n) is 5.90. The van der Waals surface area contributed by atoms with Crippen molar-refractivity contribution in [1.29, 1.82) is 0 Å². The highest BCUT2D eigenvalue weighted by Gasteiger charge is 2.33. The van der Waals surface area contributed by atoms with Gasteiger partial charge in [0.25, 0.3) is 0 Å². The molecule has 1 saturated heterocycles. The molecule has 6 rings (SSSR count). The van der Waals surface area contributed by atoms with Crippen molar-refractivity contribution in [3.05, 3.63) is 167 Å². The molecule has 224 valence electrons. The highest BCUT2D eigenvalue weighted by Crippen LogP contribution is 2.39. The predicted molar refractivity (Wildman–Crippen MR) is 175 cm³/mol. The molecular weight excluding hydrogens is 544 g/mol. The van der Waals surface area contributed by atoms with E-state index < -0.39 is 6.29 Å². The number of aliphatic hydroxyl groups excluding tert-OH is 1. The van der Waals surface area contributed by atoms with Crippen molar-refractivity contribution >= 4 is 0 Å². The average Bonchev–Trinajstić information content (AvgIpc) is 3.09. The van der Waals surface area contributed by atoms with Gasteiger partial charge in [-0.3, -0.25) is 4.90 Å². The molecule has 0 aliphatic carbocycles. The van der Waals surface area contributed by atoms with Gasteiger partial charge in [-0.05, 0) is 45.0 Å². The van der Waals surface area contributed by atoms with Gasteiger partial charge in [0.15, 0.2) is 6.29 Å². The smallest absolute Gasteiger partial charge is 0.184 e. The topological polar surface area (TPSA) is 68.0 Å². The van der Waals surface area contributed by atoms with Crippen LogP contribution in [0.4, 0.5) is 0 Å². The fraction of sp³-hybridized carbons (Fsp3) is 0.231. The van der Waals surface area contributed by atoms with Crippen LogP contribution >= 0.6 is 0 Å². The molecule has 1 fully saturated rings. The molecular formula is C39H40N2O3. The van der Waals surface area contributed by atoms with Gasteiger partial charge >= 0.3 is 0 Å². The zero-order chi connectivity index (χ0) is 30.1. The lowest BCUT2D eigenvalue weighted by molar-refractivity contribution is -0.253.